The average Bonchev–Trinajstić information content (AvgIpc) is 3.33. The highest BCUT2D eigenvalue weighted by Crippen LogP contribution is 2.31. The molecule has 3 aromatic rings. The van der Waals surface area contributed by atoms with Crippen molar-refractivity contribution in [1.29, 1.82) is 0 Å². The number of aromatic nitrogens is 3. The van der Waals surface area contributed by atoms with Crippen LogP contribution in [0.25, 0.3) is 11.2 Å². The molecule has 28 heavy (non-hydrogen) atoms. The van der Waals surface area contributed by atoms with Crippen molar-refractivity contribution in [3.63, 3.8) is 0 Å². The van der Waals surface area contributed by atoms with Gasteiger partial charge in [-0.05, 0) is 49.2 Å². The van der Waals surface area contributed by atoms with E-state index in [-0.39, 0.29) is 10.9 Å². The van der Waals surface area contributed by atoms with Gasteiger partial charge in [0.05, 0.1) is 18.0 Å². The zero-order chi connectivity index (χ0) is 19.7. The molecular formula is C20H24N4O3S. The monoisotopic (exact) mass is 400 g/mol. The Bertz CT molecular complexity index is 1080. The van der Waals surface area contributed by atoms with Gasteiger partial charge >= 0.3 is 0 Å². The summed E-state index contributed by atoms with van der Waals surface area (Å²) in [7, 11) is -1.98. The highest BCUT2D eigenvalue weighted by molar-refractivity contribution is 7.89. The van der Waals surface area contributed by atoms with E-state index in [9.17, 15) is 8.42 Å². The van der Waals surface area contributed by atoms with Crippen molar-refractivity contribution in [1.82, 2.24) is 18.8 Å². The first-order valence-electron chi connectivity index (χ1n) is 9.50. The number of rotatable bonds is 6. The van der Waals surface area contributed by atoms with Crippen LogP contribution in [-0.4, -0.2) is 47.5 Å². The fourth-order valence-electron chi connectivity index (χ4n) is 3.80. The van der Waals surface area contributed by atoms with E-state index in [1.165, 1.54) is 0 Å². The van der Waals surface area contributed by atoms with Crippen molar-refractivity contribution in [2.75, 3.05) is 20.2 Å². The molecular weight excluding hydrogens is 376 g/mol. The van der Waals surface area contributed by atoms with Crippen molar-refractivity contribution in [3.8, 4) is 5.75 Å². The Kier molecular flexibility index (Phi) is 5.07. The van der Waals surface area contributed by atoms with Gasteiger partial charge in [0.1, 0.15) is 17.1 Å². The Labute approximate surface area is 165 Å². The lowest BCUT2D eigenvalue weighted by atomic mass is 10.2. The van der Waals surface area contributed by atoms with E-state index in [0.717, 1.165) is 36.3 Å². The van der Waals surface area contributed by atoms with Crippen LogP contribution in [0.2, 0.25) is 0 Å². The summed E-state index contributed by atoms with van der Waals surface area (Å²) in [5.41, 5.74) is 1.70. The Morgan fingerprint density at radius 1 is 1.21 bits per heavy atom. The molecule has 0 bridgehead atoms. The van der Waals surface area contributed by atoms with Crippen LogP contribution < -0.4 is 4.74 Å². The van der Waals surface area contributed by atoms with Gasteiger partial charge in [-0.1, -0.05) is 6.92 Å². The van der Waals surface area contributed by atoms with Crippen molar-refractivity contribution >= 4 is 21.2 Å². The first-order chi connectivity index (χ1) is 13.5. The Balaban J connectivity index is 1.63. The number of hydrogen-bond acceptors (Lipinski definition) is 5. The standard InChI is InChI=1S/C20H24N4O3S/c1-3-5-19-22-18-6-4-12-21-20(18)24(19)15-11-13-23(14-15)28(25,26)17-9-7-16(27-2)8-10-17/h4,6-10,12,15H,3,5,11,13-14H2,1-2H3. The van der Waals surface area contributed by atoms with E-state index in [4.69, 9.17) is 9.72 Å². The molecule has 148 valence electrons. The van der Waals surface area contributed by atoms with Crippen molar-refractivity contribution < 1.29 is 13.2 Å². The number of fused-ring (bicyclic) bond motifs is 1. The molecule has 4 rings (SSSR count). The van der Waals surface area contributed by atoms with E-state index in [1.807, 2.05) is 12.1 Å². The molecule has 0 aliphatic carbocycles. The Hall–Kier alpha value is -2.45. The number of pyridine rings is 1. The number of nitrogens with zero attached hydrogens (tertiary/aromatic N) is 4. The number of sulfonamides is 1. The molecule has 1 aliphatic heterocycles. The second-order valence-electron chi connectivity index (χ2n) is 6.98. The lowest BCUT2D eigenvalue weighted by Gasteiger charge is -2.19. The molecule has 8 heteroatoms. The van der Waals surface area contributed by atoms with E-state index >= 15 is 0 Å². The maximum atomic E-state index is 13.1. The zero-order valence-corrected chi connectivity index (χ0v) is 16.9. The Morgan fingerprint density at radius 3 is 2.71 bits per heavy atom. The number of methoxy groups -OCH3 is 1. The molecule has 0 amide bonds. The Morgan fingerprint density at radius 2 is 2.00 bits per heavy atom. The smallest absolute Gasteiger partial charge is 0.243 e. The zero-order valence-electron chi connectivity index (χ0n) is 16.1. The van der Waals surface area contributed by atoms with Crippen molar-refractivity contribution in [2.24, 2.45) is 0 Å². The number of benzene rings is 1. The molecule has 1 unspecified atom stereocenters. The highest BCUT2D eigenvalue weighted by Gasteiger charge is 2.35. The number of hydrogen-bond donors (Lipinski definition) is 0. The summed E-state index contributed by atoms with van der Waals surface area (Å²) in [5.74, 6) is 1.61. The second kappa shape index (κ2) is 7.52. The van der Waals surface area contributed by atoms with Crippen LogP contribution in [-0.2, 0) is 16.4 Å². The van der Waals surface area contributed by atoms with Crippen LogP contribution in [0, 0.1) is 0 Å². The lowest BCUT2D eigenvalue weighted by molar-refractivity contribution is 0.414. The van der Waals surface area contributed by atoms with Gasteiger partial charge in [0.25, 0.3) is 0 Å². The molecule has 0 saturated carbocycles. The first-order valence-corrected chi connectivity index (χ1v) is 10.9. The average molecular weight is 401 g/mol. The second-order valence-corrected chi connectivity index (χ2v) is 8.91. The first kappa shape index (κ1) is 18.9. The number of imidazole rings is 1. The van der Waals surface area contributed by atoms with E-state index in [1.54, 1.807) is 41.9 Å². The number of aryl methyl sites for hydroxylation is 1. The van der Waals surface area contributed by atoms with Gasteiger partial charge in [0.15, 0.2) is 5.65 Å². The third kappa shape index (κ3) is 3.27. The fourth-order valence-corrected chi connectivity index (χ4v) is 5.29. The lowest BCUT2D eigenvalue weighted by Crippen LogP contribution is -2.29. The predicted octanol–water partition coefficient (Wildman–Crippen LogP) is 3.03. The molecule has 7 nitrogen and oxygen atoms in total. The van der Waals surface area contributed by atoms with Gasteiger partial charge in [-0.2, -0.15) is 4.31 Å². The van der Waals surface area contributed by atoms with Crippen molar-refractivity contribution in [2.45, 2.75) is 37.1 Å². The normalized spacial score (nSPS) is 18.0. The van der Waals surface area contributed by atoms with Crippen molar-refractivity contribution in [3.05, 3.63) is 48.4 Å². The van der Waals surface area contributed by atoms with E-state index in [0.29, 0.717) is 18.8 Å². The molecule has 0 spiro atoms. The molecule has 2 aromatic heterocycles. The SMILES string of the molecule is CCCc1nc2cccnc2n1C1CCN(S(=O)(=O)c2ccc(OC)cc2)C1. The maximum Gasteiger partial charge on any atom is 0.243 e. The molecule has 1 saturated heterocycles. The quantitative estimate of drug-likeness (QED) is 0.636. The summed E-state index contributed by atoms with van der Waals surface area (Å²) in [6.07, 6.45) is 4.33. The molecule has 0 radical (unpaired) electrons. The van der Waals surface area contributed by atoms with Crippen LogP contribution in [0.3, 0.4) is 0 Å². The predicted molar refractivity (Wildman–Crippen MR) is 107 cm³/mol. The summed E-state index contributed by atoms with van der Waals surface area (Å²) in [4.78, 5) is 9.53. The number of ether oxygens (including phenoxy) is 1. The molecule has 1 aliphatic rings. The minimum atomic E-state index is -3.54. The van der Waals surface area contributed by atoms with E-state index in [2.05, 4.69) is 16.5 Å². The van der Waals surface area contributed by atoms with Gasteiger partial charge in [0.2, 0.25) is 10.0 Å². The van der Waals surface area contributed by atoms with Gasteiger partial charge in [0, 0.05) is 25.7 Å². The molecule has 0 N–H and O–H groups in total. The third-order valence-corrected chi connectivity index (χ3v) is 7.06. The summed E-state index contributed by atoms with van der Waals surface area (Å²) >= 11 is 0. The van der Waals surface area contributed by atoms with E-state index < -0.39 is 10.0 Å². The minimum Gasteiger partial charge on any atom is -0.497 e. The van der Waals surface area contributed by atoms with Crippen LogP contribution >= 0.6 is 0 Å². The summed E-state index contributed by atoms with van der Waals surface area (Å²) in [6, 6.07) is 10.4. The highest BCUT2D eigenvalue weighted by atomic mass is 32.2. The topological polar surface area (TPSA) is 77.3 Å². The van der Waals surface area contributed by atoms with Crippen LogP contribution in [0.15, 0.2) is 47.5 Å². The van der Waals surface area contributed by atoms with Crippen LogP contribution in [0.4, 0.5) is 0 Å². The molecule has 1 fully saturated rings. The van der Waals surface area contributed by atoms with Gasteiger partial charge in [-0.15, -0.1) is 0 Å². The molecule has 1 atom stereocenters. The molecule has 3 heterocycles. The third-order valence-electron chi connectivity index (χ3n) is 5.18. The van der Waals surface area contributed by atoms with Gasteiger partial charge in [-0.25, -0.2) is 18.4 Å². The van der Waals surface area contributed by atoms with Gasteiger partial charge in [-0.3, -0.25) is 0 Å². The van der Waals surface area contributed by atoms with Crippen LogP contribution in [0.1, 0.15) is 31.6 Å². The fraction of sp³-hybridized carbons (Fsp3) is 0.400. The largest absolute Gasteiger partial charge is 0.497 e. The summed E-state index contributed by atoms with van der Waals surface area (Å²) in [5, 5.41) is 0. The maximum absolute atomic E-state index is 13.1. The summed E-state index contributed by atoms with van der Waals surface area (Å²) < 4.78 is 35.0. The summed E-state index contributed by atoms with van der Waals surface area (Å²) in [6.45, 7) is 3.02. The molecule has 1 aromatic carbocycles. The van der Waals surface area contributed by atoms with Crippen LogP contribution in [0.5, 0.6) is 5.75 Å². The minimum absolute atomic E-state index is 0.0365. The van der Waals surface area contributed by atoms with Gasteiger partial charge < -0.3 is 9.30 Å².